The monoisotopic (exact) mass is 968 g/mol. The Morgan fingerprint density at radius 2 is 1.29 bits per heavy atom. The van der Waals surface area contributed by atoms with Crippen molar-refractivity contribution in [2.24, 2.45) is 0 Å². The first kappa shape index (κ1) is 45.8. The topological polar surface area (TPSA) is 34.2 Å². The van der Waals surface area contributed by atoms with Gasteiger partial charge in [-0.3, -0.25) is 0 Å². The lowest BCUT2D eigenvalue weighted by molar-refractivity contribution is 0.311. The van der Waals surface area contributed by atoms with Gasteiger partial charge in [0.2, 0.25) is 0 Å². The van der Waals surface area contributed by atoms with E-state index in [1.807, 2.05) is 31.2 Å². The molecule has 0 aromatic heterocycles. The van der Waals surface area contributed by atoms with Crippen molar-refractivity contribution in [3.8, 4) is 17.2 Å². The molecule has 0 unspecified atom stereocenters. The lowest BCUT2D eigenvalue weighted by Crippen LogP contribution is -2.56. The molecule has 4 bridgehead atoms. The molecule has 0 N–H and O–H groups in total. The van der Waals surface area contributed by atoms with Crippen LogP contribution in [-0.2, 0) is 10.8 Å². The molecule has 1 atom stereocenters. The van der Waals surface area contributed by atoms with Crippen molar-refractivity contribution >= 4 is 105 Å². The molecular weight excluding hydrogens is 919 g/mol. The third-order valence-electron chi connectivity index (χ3n) is 12.5. The van der Waals surface area contributed by atoms with Gasteiger partial charge in [0.05, 0.1) is 33.7 Å². The number of rotatable bonds is 4. The Morgan fingerprint density at radius 1 is 0.712 bits per heavy atom. The summed E-state index contributed by atoms with van der Waals surface area (Å²) in [6.07, 6.45) is 8.36. The van der Waals surface area contributed by atoms with Crippen molar-refractivity contribution in [1.82, 2.24) is 0 Å². The van der Waals surface area contributed by atoms with Gasteiger partial charge in [-0.2, -0.15) is 0 Å². The van der Waals surface area contributed by atoms with Crippen molar-refractivity contribution in [3.63, 3.8) is 0 Å². The molecule has 5 nitrogen and oxygen atoms in total. The zero-order valence-electron chi connectivity index (χ0n) is 38.5. The van der Waals surface area contributed by atoms with Crippen molar-refractivity contribution in [3.05, 3.63) is 188 Å². The Balaban J connectivity index is 1.53. The fourth-order valence-corrected chi connectivity index (χ4v) is 13.2. The Labute approximate surface area is 410 Å². The van der Waals surface area contributed by atoms with Crippen LogP contribution >= 0.6 is 46.4 Å². The number of hydrogen-bond donors (Lipinski definition) is 0. The van der Waals surface area contributed by atoms with Crippen molar-refractivity contribution in [1.29, 1.82) is 0 Å². The summed E-state index contributed by atoms with van der Waals surface area (Å²) >= 11 is 28.2. The number of allylic oxidation sites excluding steroid dienone is 6. The third-order valence-corrected chi connectivity index (χ3v) is 17.0. The second kappa shape index (κ2) is 17.4. The minimum absolute atomic E-state index is 0.0612. The van der Waals surface area contributed by atoms with Crippen LogP contribution in [0, 0.1) is 6.92 Å². The molecule has 0 radical (unpaired) electrons. The van der Waals surface area contributed by atoms with E-state index in [1.54, 1.807) is 0 Å². The summed E-state index contributed by atoms with van der Waals surface area (Å²) in [5.41, 5.74) is 10.8. The van der Waals surface area contributed by atoms with E-state index in [0.29, 0.717) is 17.9 Å². The van der Waals surface area contributed by atoms with Crippen LogP contribution in [0.3, 0.4) is 0 Å². The maximum Gasteiger partial charge on any atom is 0.309 e. The first-order valence-electron chi connectivity index (χ1n) is 22.1. The first-order chi connectivity index (χ1) is 31.4. The molecule has 3 aliphatic rings. The number of anilines is 5. The first-order valence-corrected chi connectivity index (χ1v) is 25.3. The lowest BCUT2D eigenvalue weighted by Gasteiger charge is -2.42. The van der Waals surface area contributed by atoms with E-state index >= 15 is 0 Å². The van der Waals surface area contributed by atoms with Crippen LogP contribution in [0.15, 0.2) is 151 Å². The molecule has 0 spiro atoms. The van der Waals surface area contributed by atoms with Gasteiger partial charge in [0.25, 0.3) is 0 Å². The number of hydrogen-bond acceptors (Lipinski definition) is 5. The minimum Gasteiger partial charge on any atom is -0.534 e. The average Bonchev–Trinajstić information content (AvgIpc) is 3.30. The SMILES string of the molecule is C=C/C1=C/C(=C)Oc2cc3ccccc3c3c2[Si@H]2Oc4c(Cl)c(Cl)c(Cl)c(Cl)c4OCC/C(=C1/C=C\C)N(c1ccc(C(C)(C)C)cc1)c1cc(C)cc(c12)N3c1ccc(C(C)(C)C)cc1. The van der Waals surface area contributed by atoms with Crippen LogP contribution < -0.4 is 34.1 Å². The molecule has 10 heteroatoms. The van der Waals surface area contributed by atoms with Gasteiger partial charge in [0.15, 0.2) is 11.5 Å². The van der Waals surface area contributed by atoms with Gasteiger partial charge in [-0.05, 0) is 101 Å². The summed E-state index contributed by atoms with van der Waals surface area (Å²) in [5.74, 6) is 1.46. The highest BCUT2D eigenvalue weighted by atomic mass is 35.5. The van der Waals surface area contributed by atoms with Crippen LogP contribution in [-0.4, -0.2) is 15.6 Å². The quantitative estimate of drug-likeness (QED) is 0.0999. The molecule has 6 aromatic carbocycles. The third kappa shape index (κ3) is 7.95. The molecule has 0 saturated heterocycles. The summed E-state index contributed by atoms with van der Waals surface area (Å²) in [7, 11) is -3.17. The molecule has 9 rings (SSSR count). The highest BCUT2D eigenvalue weighted by Crippen LogP contribution is 2.53. The second-order valence-corrected chi connectivity index (χ2v) is 22.7. The fraction of sp³-hybridized carbons (Fsp3) is 0.214. The van der Waals surface area contributed by atoms with Gasteiger partial charge < -0.3 is 23.7 Å². The van der Waals surface area contributed by atoms with Gasteiger partial charge in [-0.15, -0.1) is 0 Å². The van der Waals surface area contributed by atoms with Crippen LogP contribution in [0.5, 0.6) is 17.2 Å². The molecule has 6 aromatic rings. The normalized spacial score (nSPS) is 18.2. The van der Waals surface area contributed by atoms with E-state index in [0.717, 1.165) is 72.0 Å². The van der Waals surface area contributed by atoms with Crippen LogP contribution in [0.2, 0.25) is 20.1 Å². The minimum atomic E-state index is -3.17. The number of nitrogens with zero attached hydrogens (tertiary/aromatic N) is 2. The Morgan fingerprint density at radius 3 is 1.88 bits per heavy atom. The summed E-state index contributed by atoms with van der Waals surface area (Å²) in [4.78, 5) is 4.77. The van der Waals surface area contributed by atoms with Crippen LogP contribution in [0.25, 0.3) is 10.8 Å². The molecule has 0 aliphatic carbocycles. The zero-order chi connectivity index (χ0) is 47.0. The van der Waals surface area contributed by atoms with E-state index in [9.17, 15) is 0 Å². The lowest BCUT2D eigenvalue weighted by atomic mass is 9.87. The van der Waals surface area contributed by atoms with Gasteiger partial charge in [0, 0.05) is 44.8 Å². The van der Waals surface area contributed by atoms with E-state index < -0.39 is 9.04 Å². The standard InChI is InChI=1S/C56H52Cl4N2O3Si/c1-11-15-40-34(12-2)30-33(4)64-45-31-35-16-13-14-17-41(35)50-54(45)66-53-43(28-32(3)29-44(53)62(50)39-24-20-37(21-25-39)56(8,9)10)61(38-22-18-36(19-23-38)55(5,6)7)42(40)26-27-63-51-48(59)46(57)47(58)49(60)52(51)65-66/h11-25,28-31,66H,2,4,26-27H2,1,3,5-10H3/b15-11-,34-30-,42-40+/t66-/m0/s1. The highest BCUT2D eigenvalue weighted by Gasteiger charge is 2.44. The van der Waals surface area contributed by atoms with Crippen LogP contribution in [0.1, 0.15) is 71.6 Å². The Hall–Kier alpha value is -5.34. The summed E-state index contributed by atoms with van der Waals surface area (Å²) < 4.78 is 21.5. The van der Waals surface area contributed by atoms with E-state index in [4.69, 9.17) is 60.3 Å². The van der Waals surface area contributed by atoms with Gasteiger partial charge >= 0.3 is 9.04 Å². The Bertz CT molecular complexity index is 3080. The highest BCUT2D eigenvalue weighted by molar-refractivity contribution is 6.86. The maximum atomic E-state index is 7.65. The zero-order valence-corrected chi connectivity index (χ0v) is 42.7. The van der Waals surface area contributed by atoms with Gasteiger partial charge in [0.1, 0.15) is 21.6 Å². The molecule has 336 valence electrons. The largest absolute Gasteiger partial charge is 0.534 e. The van der Waals surface area contributed by atoms with Crippen LogP contribution in [0.4, 0.5) is 28.4 Å². The van der Waals surface area contributed by atoms with E-state index in [1.165, 1.54) is 11.1 Å². The predicted octanol–water partition coefficient (Wildman–Crippen LogP) is 15.8. The van der Waals surface area contributed by atoms with Gasteiger partial charge in [-0.25, -0.2) is 0 Å². The predicted molar refractivity (Wildman–Crippen MR) is 283 cm³/mol. The number of benzene rings is 6. The summed E-state index contributed by atoms with van der Waals surface area (Å²) in [5, 5.41) is 4.22. The van der Waals surface area contributed by atoms with E-state index in [-0.39, 0.29) is 49.0 Å². The number of aryl methyl sites for hydroxylation is 1. The number of ether oxygens (including phenoxy) is 2. The molecule has 0 fully saturated rings. The fourth-order valence-electron chi connectivity index (χ4n) is 9.29. The molecule has 3 heterocycles. The van der Waals surface area contributed by atoms with Crippen molar-refractivity contribution < 1.29 is 13.9 Å². The second-order valence-electron chi connectivity index (χ2n) is 19.1. The summed E-state index contributed by atoms with van der Waals surface area (Å²) in [6.45, 7) is 26.6. The molecule has 0 amide bonds. The molecular formula is C56H52Cl4N2O3Si. The van der Waals surface area contributed by atoms with Gasteiger partial charge in [-0.1, -0.05) is 168 Å². The number of halogens is 4. The van der Waals surface area contributed by atoms with Crippen molar-refractivity contribution in [2.75, 3.05) is 16.4 Å². The van der Waals surface area contributed by atoms with E-state index in [2.05, 4.69) is 162 Å². The number of fused-ring (bicyclic) bond motifs is 4. The van der Waals surface area contributed by atoms with Crippen molar-refractivity contribution in [2.45, 2.75) is 72.6 Å². The molecule has 3 aliphatic heterocycles. The maximum absolute atomic E-state index is 7.65. The summed E-state index contributed by atoms with van der Waals surface area (Å²) in [6, 6.07) is 32.8. The molecule has 0 saturated carbocycles. The smallest absolute Gasteiger partial charge is 0.309 e. The average molecular weight is 971 g/mol. The molecule has 66 heavy (non-hydrogen) atoms. The Kier molecular flexibility index (Phi) is 12.1.